The molecule has 0 radical (unpaired) electrons. The predicted molar refractivity (Wildman–Crippen MR) is 92.5 cm³/mol. The molecular formula is C18H31NS. The van der Waals surface area contributed by atoms with Crippen molar-refractivity contribution >= 4 is 11.8 Å². The molecular weight excluding hydrogens is 262 g/mol. The maximum atomic E-state index is 6.19. The molecule has 114 valence electrons. The lowest BCUT2D eigenvalue weighted by atomic mass is 10.1. The first kappa shape index (κ1) is 17.6. The number of hydrogen-bond donors (Lipinski definition) is 1. The first-order valence-corrected chi connectivity index (χ1v) is 9.16. The fraction of sp³-hybridized carbons (Fsp3) is 0.667. The Kier molecular flexibility index (Phi) is 9.86. The van der Waals surface area contributed by atoms with E-state index in [2.05, 4.69) is 38.1 Å². The summed E-state index contributed by atoms with van der Waals surface area (Å²) in [6.07, 6.45) is 10.7. The third kappa shape index (κ3) is 8.65. The SMILES string of the molecule is CCCCCCCCCC(N)CSc1ccc(C)cc1. The molecule has 0 aromatic heterocycles. The minimum absolute atomic E-state index is 0.344. The molecule has 2 heteroatoms. The second-order valence-electron chi connectivity index (χ2n) is 5.79. The van der Waals surface area contributed by atoms with Crippen LogP contribution in [0.2, 0.25) is 0 Å². The second kappa shape index (κ2) is 11.2. The van der Waals surface area contributed by atoms with Gasteiger partial charge in [0.05, 0.1) is 0 Å². The number of aryl methyl sites for hydroxylation is 1. The fourth-order valence-electron chi connectivity index (χ4n) is 2.28. The van der Waals surface area contributed by atoms with Gasteiger partial charge in [-0.15, -0.1) is 11.8 Å². The molecule has 1 aromatic rings. The van der Waals surface area contributed by atoms with Gasteiger partial charge in [-0.1, -0.05) is 69.6 Å². The fourth-order valence-corrected chi connectivity index (χ4v) is 3.19. The molecule has 20 heavy (non-hydrogen) atoms. The first-order valence-electron chi connectivity index (χ1n) is 8.17. The highest BCUT2D eigenvalue weighted by Crippen LogP contribution is 2.20. The average Bonchev–Trinajstić information content (AvgIpc) is 2.46. The maximum Gasteiger partial charge on any atom is 0.0133 e. The zero-order valence-electron chi connectivity index (χ0n) is 13.2. The van der Waals surface area contributed by atoms with E-state index >= 15 is 0 Å². The molecule has 0 amide bonds. The van der Waals surface area contributed by atoms with Gasteiger partial charge >= 0.3 is 0 Å². The number of unbranched alkanes of at least 4 members (excludes halogenated alkanes) is 6. The van der Waals surface area contributed by atoms with Crippen LogP contribution < -0.4 is 5.73 Å². The molecule has 0 heterocycles. The van der Waals surface area contributed by atoms with Crippen LogP contribution in [0.1, 0.15) is 63.9 Å². The van der Waals surface area contributed by atoms with Gasteiger partial charge < -0.3 is 5.73 Å². The number of thioether (sulfide) groups is 1. The Hall–Kier alpha value is -0.470. The standard InChI is InChI=1S/C18H31NS/c1-3-4-5-6-7-8-9-10-17(19)15-20-18-13-11-16(2)12-14-18/h11-14,17H,3-10,15,19H2,1-2H3. The van der Waals surface area contributed by atoms with E-state index in [0.29, 0.717) is 6.04 Å². The van der Waals surface area contributed by atoms with Crippen molar-refractivity contribution in [2.24, 2.45) is 5.73 Å². The van der Waals surface area contributed by atoms with E-state index in [0.717, 1.165) is 5.75 Å². The number of hydrogen-bond acceptors (Lipinski definition) is 2. The van der Waals surface area contributed by atoms with Gasteiger partial charge in [0.1, 0.15) is 0 Å². The van der Waals surface area contributed by atoms with E-state index in [-0.39, 0.29) is 0 Å². The summed E-state index contributed by atoms with van der Waals surface area (Å²) in [7, 11) is 0. The van der Waals surface area contributed by atoms with Gasteiger partial charge in [0, 0.05) is 16.7 Å². The number of rotatable bonds is 11. The average molecular weight is 294 g/mol. The molecule has 1 aromatic carbocycles. The molecule has 0 bridgehead atoms. The summed E-state index contributed by atoms with van der Waals surface area (Å²) in [4.78, 5) is 1.34. The van der Waals surface area contributed by atoms with Crippen molar-refractivity contribution in [3.05, 3.63) is 29.8 Å². The van der Waals surface area contributed by atoms with Gasteiger partial charge in [0.15, 0.2) is 0 Å². The van der Waals surface area contributed by atoms with Gasteiger partial charge in [-0.25, -0.2) is 0 Å². The first-order chi connectivity index (χ1) is 9.72. The molecule has 1 rings (SSSR count). The van der Waals surface area contributed by atoms with Crippen molar-refractivity contribution < 1.29 is 0 Å². The Morgan fingerprint density at radius 1 is 0.950 bits per heavy atom. The van der Waals surface area contributed by atoms with E-state index in [1.165, 1.54) is 61.8 Å². The molecule has 1 atom stereocenters. The summed E-state index contributed by atoms with van der Waals surface area (Å²) in [6.45, 7) is 4.39. The van der Waals surface area contributed by atoms with Gasteiger partial charge in [0.2, 0.25) is 0 Å². The Balaban J connectivity index is 2.00. The molecule has 1 unspecified atom stereocenters. The predicted octanol–water partition coefficient (Wildman–Crippen LogP) is 5.56. The minimum Gasteiger partial charge on any atom is -0.327 e. The Morgan fingerprint density at radius 2 is 1.55 bits per heavy atom. The van der Waals surface area contributed by atoms with Crippen molar-refractivity contribution in [1.82, 2.24) is 0 Å². The van der Waals surface area contributed by atoms with Crippen molar-refractivity contribution in [3.8, 4) is 0 Å². The maximum absolute atomic E-state index is 6.19. The van der Waals surface area contributed by atoms with Crippen LogP contribution in [0.25, 0.3) is 0 Å². The summed E-state index contributed by atoms with van der Waals surface area (Å²) in [5.41, 5.74) is 7.51. The van der Waals surface area contributed by atoms with E-state index in [1.807, 2.05) is 11.8 Å². The van der Waals surface area contributed by atoms with Gasteiger partial charge in [0.25, 0.3) is 0 Å². The second-order valence-corrected chi connectivity index (χ2v) is 6.89. The highest BCUT2D eigenvalue weighted by molar-refractivity contribution is 7.99. The van der Waals surface area contributed by atoms with E-state index in [4.69, 9.17) is 5.73 Å². The van der Waals surface area contributed by atoms with Crippen LogP contribution in [0.15, 0.2) is 29.2 Å². The van der Waals surface area contributed by atoms with Crippen molar-refractivity contribution in [3.63, 3.8) is 0 Å². The van der Waals surface area contributed by atoms with Crippen LogP contribution in [-0.2, 0) is 0 Å². The number of nitrogens with two attached hydrogens (primary N) is 1. The summed E-state index contributed by atoms with van der Waals surface area (Å²) in [5, 5.41) is 0. The monoisotopic (exact) mass is 293 g/mol. The van der Waals surface area contributed by atoms with Crippen LogP contribution in [0.4, 0.5) is 0 Å². The largest absolute Gasteiger partial charge is 0.327 e. The third-order valence-electron chi connectivity index (χ3n) is 3.66. The zero-order valence-corrected chi connectivity index (χ0v) is 14.1. The highest BCUT2D eigenvalue weighted by Gasteiger charge is 2.03. The van der Waals surface area contributed by atoms with E-state index in [9.17, 15) is 0 Å². The Labute approximate surface area is 129 Å². The van der Waals surface area contributed by atoms with Crippen molar-refractivity contribution in [1.29, 1.82) is 0 Å². The molecule has 0 aliphatic rings. The summed E-state index contributed by atoms with van der Waals surface area (Å²) in [5.74, 6) is 1.04. The van der Waals surface area contributed by atoms with E-state index < -0.39 is 0 Å². The summed E-state index contributed by atoms with van der Waals surface area (Å²) in [6, 6.07) is 9.08. The van der Waals surface area contributed by atoms with E-state index in [1.54, 1.807) is 0 Å². The number of benzene rings is 1. The smallest absolute Gasteiger partial charge is 0.0133 e. The normalized spacial score (nSPS) is 12.6. The lowest BCUT2D eigenvalue weighted by molar-refractivity contribution is 0.549. The third-order valence-corrected chi connectivity index (χ3v) is 4.86. The lowest BCUT2D eigenvalue weighted by Crippen LogP contribution is -2.22. The molecule has 2 N–H and O–H groups in total. The Bertz CT molecular complexity index is 334. The van der Waals surface area contributed by atoms with Crippen molar-refractivity contribution in [2.75, 3.05) is 5.75 Å². The van der Waals surface area contributed by atoms with Gasteiger partial charge in [-0.2, -0.15) is 0 Å². The summed E-state index contributed by atoms with van der Waals surface area (Å²) >= 11 is 1.89. The van der Waals surface area contributed by atoms with Gasteiger partial charge in [-0.3, -0.25) is 0 Å². The molecule has 0 spiro atoms. The van der Waals surface area contributed by atoms with Crippen LogP contribution in [0.3, 0.4) is 0 Å². The molecule has 1 nitrogen and oxygen atoms in total. The highest BCUT2D eigenvalue weighted by atomic mass is 32.2. The Morgan fingerprint density at radius 3 is 2.20 bits per heavy atom. The minimum atomic E-state index is 0.344. The summed E-state index contributed by atoms with van der Waals surface area (Å²) < 4.78 is 0. The molecule has 0 aliphatic heterocycles. The van der Waals surface area contributed by atoms with Crippen LogP contribution in [-0.4, -0.2) is 11.8 Å². The van der Waals surface area contributed by atoms with Crippen LogP contribution >= 0.6 is 11.8 Å². The lowest BCUT2D eigenvalue weighted by Gasteiger charge is -2.11. The zero-order chi connectivity index (χ0) is 14.6. The molecule has 0 saturated heterocycles. The van der Waals surface area contributed by atoms with Gasteiger partial charge in [-0.05, 0) is 25.5 Å². The molecule has 0 fully saturated rings. The van der Waals surface area contributed by atoms with Crippen LogP contribution in [0.5, 0.6) is 0 Å². The molecule has 0 saturated carbocycles. The van der Waals surface area contributed by atoms with Crippen LogP contribution in [0, 0.1) is 6.92 Å². The van der Waals surface area contributed by atoms with Crippen molar-refractivity contribution in [2.45, 2.75) is 76.2 Å². The molecule has 0 aliphatic carbocycles. The quantitative estimate of drug-likeness (QED) is 0.427. The topological polar surface area (TPSA) is 26.0 Å².